The van der Waals surface area contributed by atoms with E-state index < -0.39 is 0 Å². The summed E-state index contributed by atoms with van der Waals surface area (Å²) in [6, 6.07) is 10.8. The third kappa shape index (κ3) is 5.55. The molecule has 0 aliphatic carbocycles. The number of aliphatic hydroxyl groups excluding tert-OH is 2. The lowest BCUT2D eigenvalue weighted by molar-refractivity contribution is 0.195. The SMILES string of the molecule is O=c1c2cc(Br)ccc2nc(-c2ccc(OCCO)cc2OCCO)n1CC1CCCNC1. The number of ether oxygens (including phenoxy) is 2. The van der Waals surface area contributed by atoms with Crippen molar-refractivity contribution >= 4 is 26.8 Å². The van der Waals surface area contributed by atoms with E-state index in [1.54, 1.807) is 22.8 Å². The average Bonchev–Trinajstić information content (AvgIpc) is 2.84. The molecule has 8 nitrogen and oxygen atoms in total. The van der Waals surface area contributed by atoms with E-state index in [2.05, 4.69) is 21.2 Å². The topological polar surface area (TPSA) is 106 Å². The highest BCUT2D eigenvalue weighted by molar-refractivity contribution is 9.10. The van der Waals surface area contributed by atoms with E-state index in [0.717, 1.165) is 30.4 Å². The zero-order valence-electron chi connectivity index (χ0n) is 18.3. The fourth-order valence-corrected chi connectivity index (χ4v) is 4.48. The Morgan fingerprint density at radius 2 is 1.94 bits per heavy atom. The van der Waals surface area contributed by atoms with Crippen LogP contribution in [0.5, 0.6) is 11.5 Å². The van der Waals surface area contributed by atoms with Crippen molar-refractivity contribution in [3.8, 4) is 22.9 Å². The van der Waals surface area contributed by atoms with Gasteiger partial charge < -0.3 is 25.0 Å². The standard InChI is InChI=1S/C24H28BrN3O5/c25-17-3-6-21-20(12-17)24(31)28(15-16-2-1-7-26-14-16)23(27-21)19-5-4-18(32-10-8-29)13-22(19)33-11-9-30/h3-6,12-13,16,26,29-30H,1-2,7-11,14-15H2. The van der Waals surface area contributed by atoms with Crippen LogP contribution in [0.2, 0.25) is 0 Å². The van der Waals surface area contributed by atoms with Gasteiger partial charge in [-0.3, -0.25) is 9.36 Å². The number of aliphatic hydroxyl groups is 2. The molecule has 0 saturated carbocycles. The monoisotopic (exact) mass is 517 g/mol. The Kier molecular flexibility index (Phi) is 7.97. The van der Waals surface area contributed by atoms with Gasteiger partial charge in [-0.05, 0) is 62.2 Å². The number of hydrogen-bond donors (Lipinski definition) is 3. The van der Waals surface area contributed by atoms with Gasteiger partial charge in [0.1, 0.15) is 30.5 Å². The average molecular weight is 518 g/mol. The summed E-state index contributed by atoms with van der Waals surface area (Å²) in [7, 11) is 0. The minimum absolute atomic E-state index is 0.0910. The predicted molar refractivity (Wildman–Crippen MR) is 130 cm³/mol. The second kappa shape index (κ2) is 11.1. The molecule has 33 heavy (non-hydrogen) atoms. The van der Waals surface area contributed by atoms with Gasteiger partial charge in [0.05, 0.1) is 29.7 Å². The number of aromatic nitrogens is 2. The smallest absolute Gasteiger partial charge is 0.261 e. The Labute approximate surface area is 200 Å². The Morgan fingerprint density at radius 1 is 1.12 bits per heavy atom. The number of fused-ring (bicyclic) bond motifs is 1. The number of halogens is 1. The first-order valence-corrected chi connectivity index (χ1v) is 11.9. The molecule has 1 aromatic heterocycles. The number of nitrogens with zero attached hydrogens (tertiary/aromatic N) is 2. The van der Waals surface area contributed by atoms with Crippen molar-refractivity contribution in [3.05, 3.63) is 51.2 Å². The molecular formula is C24H28BrN3O5. The van der Waals surface area contributed by atoms with Gasteiger partial charge in [-0.1, -0.05) is 15.9 Å². The van der Waals surface area contributed by atoms with Gasteiger partial charge in [0.15, 0.2) is 0 Å². The molecule has 2 heterocycles. The third-order valence-corrected chi connectivity index (χ3v) is 6.15. The van der Waals surface area contributed by atoms with Crippen molar-refractivity contribution in [2.45, 2.75) is 19.4 Å². The maximum absolute atomic E-state index is 13.6. The predicted octanol–water partition coefficient (Wildman–Crippen LogP) is 2.57. The van der Waals surface area contributed by atoms with Gasteiger partial charge in [-0.25, -0.2) is 4.98 Å². The summed E-state index contributed by atoms with van der Waals surface area (Å²) in [5.41, 5.74) is 1.14. The van der Waals surface area contributed by atoms with Crippen LogP contribution in [-0.2, 0) is 6.54 Å². The van der Waals surface area contributed by atoms with E-state index in [4.69, 9.17) is 19.6 Å². The summed E-state index contributed by atoms with van der Waals surface area (Å²) in [5.74, 6) is 1.81. The van der Waals surface area contributed by atoms with Crippen molar-refractivity contribution in [3.63, 3.8) is 0 Å². The van der Waals surface area contributed by atoms with Gasteiger partial charge in [0.2, 0.25) is 0 Å². The second-order valence-corrected chi connectivity index (χ2v) is 8.94. The zero-order chi connectivity index (χ0) is 23.2. The molecule has 1 unspecified atom stereocenters. The van der Waals surface area contributed by atoms with E-state index in [-0.39, 0.29) is 32.0 Å². The third-order valence-electron chi connectivity index (χ3n) is 5.66. The largest absolute Gasteiger partial charge is 0.491 e. The molecule has 9 heteroatoms. The summed E-state index contributed by atoms with van der Waals surface area (Å²) in [6.45, 7) is 2.37. The minimum Gasteiger partial charge on any atom is -0.491 e. The molecular weight excluding hydrogens is 490 g/mol. The molecule has 0 bridgehead atoms. The van der Waals surface area contributed by atoms with Gasteiger partial charge in [0.25, 0.3) is 5.56 Å². The van der Waals surface area contributed by atoms with Crippen molar-refractivity contribution in [1.29, 1.82) is 0 Å². The van der Waals surface area contributed by atoms with E-state index >= 15 is 0 Å². The molecule has 1 saturated heterocycles. The second-order valence-electron chi connectivity index (χ2n) is 8.03. The Morgan fingerprint density at radius 3 is 2.70 bits per heavy atom. The normalized spacial score (nSPS) is 16.2. The van der Waals surface area contributed by atoms with Crippen molar-refractivity contribution < 1.29 is 19.7 Å². The van der Waals surface area contributed by atoms with Gasteiger partial charge in [-0.15, -0.1) is 0 Å². The zero-order valence-corrected chi connectivity index (χ0v) is 19.9. The minimum atomic E-state index is -0.152. The maximum Gasteiger partial charge on any atom is 0.261 e. The molecule has 4 rings (SSSR count). The highest BCUT2D eigenvalue weighted by Gasteiger charge is 2.21. The van der Waals surface area contributed by atoms with Crippen molar-refractivity contribution in [2.24, 2.45) is 5.92 Å². The van der Waals surface area contributed by atoms with Crippen LogP contribution < -0.4 is 20.3 Å². The molecule has 1 aliphatic heterocycles. The van der Waals surface area contributed by atoms with Crippen LogP contribution in [0.3, 0.4) is 0 Å². The molecule has 0 radical (unpaired) electrons. The molecule has 2 aromatic carbocycles. The molecule has 1 fully saturated rings. The van der Waals surface area contributed by atoms with E-state index in [1.165, 1.54) is 0 Å². The molecule has 1 atom stereocenters. The first-order valence-electron chi connectivity index (χ1n) is 11.1. The molecule has 3 aromatic rings. The summed E-state index contributed by atoms with van der Waals surface area (Å²) >= 11 is 3.46. The number of benzene rings is 2. The van der Waals surface area contributed by atoms with Crippen LogP contribution in [0.1, 0.15) is 12.8 Å². The van der Waals surface area contributed by atoms with Crippen LogP contribution >= 0.6 is 15.9 Å². The lowest BCUT2D eigenvalue weighted by Gasteiger charge is -2.25. The van der Waals surface area contributed by atoms with Crippen molar-refractivity contribution in [2.75, 3.05) is 39.5 Å². The fourth-order valence-electron chi connectivity index (χ4n) is 4.12. The number of rotatable bonds is 9. The Bertz CT molecular complexity index is 1160. The quantitative estimate of drug-likeness (QED) is 0.400. The summed E-state index contributed by atoms with van der Waals surface area (Å²) in [6.07, 6.45) is 2.11. The van der Waals surface area contributed by atoms with Gasteiger partial charge in [0, 0.05) is 17.1 Å². The first-order chi connectivity index (χ1) is 16.1. The van der Waals surface area contributed by atoms with Gasteiger partial charge >= 0.3 is 0 Å². The first kappa shape index (κ1) is 23.7. The van der Waals surface area contributed by atoms with Crippen LogP contribution in [0.25, 0.3) is 22.3 Å². The lowest BCUT2D eigenvalue weighted by Crippen LogP contribution is -2.35. The van der Waals surface area contributed by atoms with Crippen molar-refractivity contribution in [1.82, 2.24) is 14.9 Å². The summed E-state index contributed by atoms with van der Waals surface area (Å²) < 4.78 is 13.9. The molecule has 176 valence electrons. The van der Waals surface area contributed by atoms with Crippen LogP contribution in [-0.4, -0.2) is 59.3 Å². The number of nitrogens with one attached hydrogen (secondary N) is 1. The van der Waals surface area contributed by atoms with Crippen LogP contribution in [0, 0.1) is 5.92 Å². The highest BCUT2D eigenvalue weighted by Crippen LogP contribution is 2.34. The van der Waals surface area contributed by atoms with E-state index in [9.17, 15) is 9.90 Å². The molecule has 3 N–H and O–H groups in total. The molecule has 1 aliphatic rings. The maximum atomic E-state index is 13.6. The number of piperidine rings is 1. The number of hydrogen-bond acceptors (Lipinski definition) is 7. The Hall–Kier alpha value is -2.46. The molecule has 0 spiro atoms. The van der Waals surface area contributed by atoms with Crippen LogP contribution in [0.4, 0.5) is 0 Å². The lowest BCUT2D eigenvalue weighted by atomic mass is 9.99. The fraction of sp³-hybridized carbons (Fsp3) is 0.417. The van der Waals surface area contributed by atoms with Crippen LogP contribution in [0.15, 0.2) is 45.7 Å². The van der Waals surface area contributed by atoms with Gasteiger partial charge in [-0.2, -0.15) is 0 Å². The summed E-state index contributed by atoms with van der Waals surface area (Å²) in [4.78, 5) is 18.5. The molecule has 0 amide bonds. The Balaban J connectivity index is 1.86. The summed E-state index contributed by atoms with van der Waals surface area (Å²) in [5, 5.41) is 22.3. The van der Waals surface area contributed by atoms with E-state index in [0.29, 0.717) is 46.3 Å². The highest BCUT2D eigenvalue weighted by atomic mass is 79.9. The van der Waals surface area contributed by atoms with E-state index in [1.807, 2.05) is 18.2 Å².